The van der Waals surface area contributed by atoms with Crippen LogP contribution in [0.1, 0.15) is 27.9 Å². The highest BCUT2D eigenvalue weighted by Crippen LogP contribution is 2.58. The molecule has 144 valence electrons. The van der Waals surface area contributed by atoms with E-state index in [1.165, 1.54) is 36.4 Å². The summed E-state index contributed by atoms with van der Waals surface area (Å²) in [7, 11) is 0. The Balaban J connectivity index is 2.00. The van der Waals surface area contributed by atoms with Crippen molar-refractivity contribution in [1.82, 2.24) is 0 Å². The summed E-state index contributed by atoms with van der Waals surface area (Å²) in [4.78, 5) is 13.3. The van der Waals surface area contributed by atoms with E-state index in [2.05, 4.69) is 13.2 Å². The molecular formula is C21H18O7. The maximum Gasteiger partial charge on any atom is 0.318 e. The number of ketones is 1. The third-order valence-electron chi connectivity index (χ3n) is 5.15. The van der Waals surface area contributed by atoms with Crippen molar-refractivity contribution in [1.29, 1.82) is 0 Å². The van der Waals surface area contributed by atoms with E-state index in [0.717, 1.165) is 0 Å². The van der Waals surface area contributed by atoms with Crippen LogP contribution in [0.5, 0.6) is 28.7 Å². The Morgan fingerprint density at radius 3 is 2.46 bits per heavy atom. The number of hydrogen-bond donors (Lipinski definition) is 4. The number of carbonyl (C=O) groups excluding carboxylic acids is 1. The molecular weight excluding hydrogens is 364 g/mol. The van der Waals surface area contributed by atoms with Gasteiger partial charge in [-0.15, -0.1) is 13.2 Å². The smallest absolute Gasteiger partial charge is 0.318 e. The quantitative estimate of drug-likeness (QED) is 0.601. The number of rotatable bonds is 4. The minimum atomic E-state index is -2.50. The average Bonchev–Trinajstić information content (AvgIpc) is 2.87. The van der Waals surface area contributed by atoms with Crippen molar-refractivity contribution in [3.8, 4) is 28.7 Å². The fourth-order valence-corrected chi connectivity index (χ4v) is 3.88. The Kier molecular flexibility index (Phi) is 3.70. The normalized spacial score (nSPS) is 24.4. The molecule has 0 fully saturated rings. The summed E-state index contributed by atoms with van der Waals surface area (Å²) in [5.74, 6) is -4.34. The molecule has 7 heteroatoms. The minimum Gasteiger partial charge on any atom is -0.508 e. The zero-order valence-corrected chi connectivity index (χ0v) is 14.8. The van der Waals surface area contributed by atoms with Gasteiger partial charge < -0.3 is 29.9 Å². The molecule has 0 saturated heterocycles. The van der Waals surface area contributed by atoms with E-state index in [0.29, 0.717) is 5.56 Å². The molecule has 0 bridgehead atoms. The number of hydrogen-bond acceptors (Lipinski definition) is 7. The molecule has 0 radical (unpaired) electrons. The molecule has 2 aliphatic heterocycles. The Bertz CT molecular complexity index is 1040. The van der Waals surface area contributed by atoms with Gasteiger partial charge in [0.25, 0.3) is 0 Å². The summed E-state index contributed by atoms with van der Waals surface area (Å²) < 4.78 is 11.6. The SMILES string of the molecule is C=CCc1c(O)cc2c(c1O)C(=O)[C@]1(O)Oc3cc(O)ccc3[C@]1(CC=C)O2. The summed E-state index contributed by atoms with van der Waals surface area (Å²) in [6, 6.07) is 5.34. The standard InChI is InChI=1S/C21H18O7/c1-3-5-12-14(23)10-16-17(18(12)24)19(25)21(26)20(27-16,8-4-2)13-7-6-11(22)9-15(13)28-21/h3-4,6-7,9-10,22-24,26H,1-2,5,8H2/t20-,21-/m0/s1. The zero-order valence-electron chi connectivity index (χ0n) is 14.8. The Morgan fingerprint density at radius 1 is 1.04 bits per heavy atom. The lowest BCUT2D eigenvalue weighted by Crippen LogP contribution is -2.62. The van der Waals surface area contributed by atoms with Gasteiger partial charge in [0.1, 0.15) is 34.3 Å². The van der Waals surface area contributed by atoms with E-state index in [-0.39, 0.29) is 47.0 Å². The number of allylic oxidation sites excluding steroid dienone is 1. The van der Waals surface area contributed by atoms with Crippen LogP contribution in [0.4, 0.5) is 0 Å². The predicted octanol–water partition coefficient (Wildman–Crippen LogP) is 2.66. The fraction of sp³-hybridized carbons (Fsp3) is 0.190. The second kappa shape index (κ2) is 5.77. The van der Waals surface area contributed by atoms with Gasteiger partial charge in [-0.1, -0.05) is 12.2 Å². The van der Waals surface area contributed by atoms with Crippen LogP contribution < -0.4 is 9.47 Å². The van der Waals surface area contributed by atoms with Crippen molar-refractivity contribution in [2.45, 2.75) is 24.2 Å². The van der Waals surface area contributed by atoms with Crippen LogP contribution in [0.2, 0.25) is 0 Å². The Labute approximate surface area is 160 Å². The van der Waals surface area contributed by atoms with Gasteiger partial charge in [-0.05, 0) is 18.6 Å². The molecule has 0 spiro atoms. The number of ether oxygens (including phenoxy) is 2. The van der Waals surface area contributed by atoms with Gasteiger partial charge in [-0.25, -0.2) is 0 Å². The second-order valence-corrected chi connectivity index (χ2v) is 6.77. The average molecular weight is 382 g/mol. The molecule has 4 N–H and O–H groups in total. The molecule has 0 aromatic heterocycles. The van der Waals surface area contributed by atoms with Gasteiger partial charge in [0.15, 0.2) is 0 Å². The Morgan fingerprint density at radius 2 is 1.79 bits per heavy atom. The van der Waals surface area contributed by atoms with Gasteiger partial charge in [0.05, 0.1) is 0 Å². The van der Waals surface area contributed by atoms with Crippen molar-refractivity contribution in [2.75, 3.05) is 0 Å². The van der Waals surface area contributed by atoms with Gasteiger partial charge in [-0.3, -0.25) is 4.79 Å². The molecule has 2 aromatic rings. The van der Waals surface area contributed by atoms with Crippen LogP contribution in [-0.2, 0) is 12.0 Å². The third kappa shape index (κ3) is 2.05. The van der Waals surface area contributed by atoms with E-state index in [9.17, 15) is 25.2 Å². The van der Waals surface area contributed by atoms with Gasteiger partial charge in [0, 0.05) is 29.7 Å². The molecule has 0 saturated carbocycles. The number of phenols is 3. The highest BCUT2D eigenvalue weighted by atomic mass is 16.7. The van der Waals surface area contributed by atoms with Crippen LogP contribution >= 0.6 is 0 Å². The fourth-order valence-electron chi connectivity index (χ4n) is 3.88. The number of carbonyl (C=O) groups is 1. The van der Waals surface area contributed by atoms with Crippen molar-refractivity contribution in [2.24, 2.45) is 0 Å². The first kappa shape index (κ1) is 17.9. The lowest BCUT2D eigenvalue weighted by molar-refractivity contribution is -0.201. The number of aliphatic hydroxyl groups is 1. The van der Waals surface area contributed by atoms with Crippen LogP contribution in [0, 0.1) is 0 Å². The number of benzene rings is 2. The number of aromatic hydroxyl groups is 3. The van der Waals surface area contributed by atoms with Crippen molar-refractivity contribution in [3.63, 3.8) is 0 Å². The van der Waals surface area contributed by atoms with E-state index in [4.69, 9.17) is 9.47 Å². The number of fused-ring (bicyclic) bond motifs is 4. The van der Waals surface area contributed by atoms with E-state index in [1.807, 2.05) is 0 Å². The Hall–Kier alpha value is -3.45. The number of phenolic OH excluding ortho intramolecular Hbond substituents is 3. The molecule has 0 aliphatic carbocycles. The van der Waals surface area contributed by atoms with E-state index < -0.39 is 22.9 Å². The molecule has 28 heavy (non-hydrogen) atoms. The van der Waals surface area contributed by atoms with Crippen LogP contribution in [-0.4, -0.2) is 32.0 Å². The second-order valence-electron chi connectivity index (χ2n) is 6.77. The highest BCUT2D eigenvalue weighted by molar-refractivity contribution is 6.09. The summed E-state index contributed by atoms with van der Waals surface area (Å²) in [5, 5.41) is 41.9. The third-order valence-corrected chi connectivity index (χ3v) is 5.15. The molecule has 4 rings (SSSR count). The minimum absolute atomic E-state index is 0.0115. The molecule has 2 aromatic carbocycles. The van der Waals surface area contributed by atoms with Crippen LogP contribution in [0.3, 0.4) is 0 Å². The molecule has 0 unspecified atom stereocenters. The molecule has 0 amide bonds. The maximum atomic E-state index is 13.3. The van der Waals surface area contributed by atoms with Crippen molar-refractivity contribution >= 4 is 5.78 Å². The van der Waals surface area contributed by atoms with E-state index >= 15 is 0 Å². The molecule has 2 atom stereocenters. The largest absolute Gasteiger partial charge is 0.508 e. The lowest BCUT2D eigenvalue weighted by Gasteiger charge is -2.43. The van der Waals surface area contributed by atoms with Crippen molar-refractivity contribution < 1.29 is 34.7 Å². The first-order valence-corrected chi connectivity index (χ1v) is 8.57. The van der Waals surface area contributed by atoms with Crippen LogP contribution in [0.25, 0.3) is 0 Å². The summed E-state index contributed by atoms with van der Waals surface area (Å²) in [6.45, 7) is 7.23. The van der Waals surface area contributed by atoms with Gasteiger partial charge in [0.2, 0.25) is 11.4 Å². The summed E-state index contributed by atoms with van der Waals surface area (Å²) >= 11 is 0. The zero-order chi connectivity index (χ0) is 20.3. The first-order chi connectivity index (χ1) is 13.3. The summed E-state index contributed by atoms with van der Waals surface area (Å²) in [6.07, 6.45) is 3.00. The van der Waals surface area contributed by atoms with Gasteiger partial charge >= 0.3 is 5.79 Å². The lowest BCUT2D eigenvalue weighted by atomic mass is 9.77. The predicted molar refractivity (Wildman–Crippen MR) is 98.8 cm³/mol. The van der Waals surface area contributed by atoms with Crippen molar-refractivity contribution in [3.05, 3.63) is 66.3 Å². The maximum absolute atomic E-state index is 13.3. The number of Topliss-reactive ketones (excluding diaryl/α,β-unsaturated/α-hetero) is 1. The molecule has 2 aliphatic rings. The van der Waals surface area contributed by atoms with E-state index in [1.54, 1.807) is 0 Å². The highest BCUT2D eigenvalue weighted by Gasteiger charge is 2.69. The topological polar surface area (TPSA) is 116 Å². The van der Waals surface area contributed by atoms with Gasteiger partial charge in [-0.2, -0.15) is 0 Å². The molecule has 7 nitrogen and oxygen atoms in total. The van der Waals surface area contributed by atoms with Crippen LogP contribution in [0.15, 0.2) is 49.6 Å². The summed E-state index contributed by atoms with van der Waals surface area (Å²) in [5.41, 5.74) is -1.57. The first-order valence-electron chi connectivity index (χ1n) is 8.57. The monoisotopic (exact) mass is 382 g/mol. The molecule has 2 heterocycles.